The maximum atomic E-state index is 11.5. The Labute approximate surface area is 128 Å². The van der Waals surface area contributed by atoms with Gasteiger partial charge in [0.1, 0.15) is 11.5 Å². The molecular weight excluding hydrogens is 280 g/mol. The molecule has 0 heterocycles. The predicted octanol–water partition coefficient (Wildman–Crippen LogP) is 3.20. The molecule has 0 saturated heterocycles. The highest BCUT2D eigenvalue weighted by atomic mass is 16.5. The third-order valence-corrected chi connectivity index (χ3v) is 3.29. The zero-order chi connectivity index (χ0) is 16.0. The summed E-state index contributed by atoms with van der Waals surface area (Å²) in [6.07, 6.45) is 7.17. The maximum Gasteiger partial charge on any atom is 0.292 e. The van der Waals surface area contributed by atoms with Gasteiger partial charge in [-0.3, -0.25) is 0 Å². The molecule has 0 bridgehead atoms. The van der Waals surface area contributed by atoms with Gasteiger partial charge >= 0.3 is 0 Å². The number of methoxy groups -OCH3 is 1. The van der Waals surface area contributed by atoms with E-state index < -0.39 is 5.54 Å². The van der Waals surface area contributed by atoms with E-state index in [4.69, 9.17) is 21.2 Å². The molecule has 0 saturated carbocycles. The van der Waals surface area contributed by atoms with E-state index >= 15 is 0 Å². The highest BCUT2D eigenvalue weighted by Crippen LogP contribution is 2.34. The third kappa shape index (κ3) is 2.61. The van der Waals surface area contributed by atoms with E-state index in [1.165, 1.54) is 0 Å². The number of ether oxygens (including phenoxy) is 2. The summed E-state index contributed by atoms with van der Waals surface area (Å²) in [7, 11) is 1.55. The van der Waals surface area contributed by atoms with Crippen molar-refractivity contribution in [2.45, 2.75) is 5.54 Å². The Hall–Kier alpha value is -3.31. The van der Waals surface area contributed by atoms with Crippen molar-refractivity contribution in [1.29, 1.82) is 5.26 Å². The predicted molar refractivity (Wildman–Crippen MR) is 81.1 cm³/mol. The van der Waals surface area contributed by atoms with Crippen molar-refractivity contribution in [3.63, 3.8) is 0 Å². The van der Waals surface area contributed by atoms with Crippen molar-refractivity contribution >= 4 is 0 Å². The summed E-state index contributed by atoms with van der Waals surface area (Å²) < 4.78 is 9.80. The highest BCUT2D eigenvalue weighted by Gasteiger charge is 2.34. The number of hydrogen-bond acceptors (Lipinski definition) is 5. The lowest BCUT2D eigenvalue weighted by atomic mass is 9.84. The van der Waals surface area contributed by atoms with E-state index in [1.807, 2.05) is 0 Å². The average Bonchev–Trinajstić information content (AvgIpc) is 2.59. The second-order valence-corrected chi connectivity index (χ2v) is 4.39. The molecule has 0 aliphatic carbocycles. The molecule has 0 aliphatic heterocycles. The van der Waals surface area contributed by atoms with Gasteiger partial charge in [-0.05, 0) is 29.4 Å². The van der Waals surface area contributed by atoms with Crippen LogP contribution in [0.3, 0.4) is 0 Å². The van der Waals surface area contributed by atoms with Crippen LogP contribution in [0.25, 0.3) is 0 Å². The first-order valence-electron chi connectivity index (χ1n) is 6.33. The van der Waals surface area contributed by atoms with Crippen molar-refractivity contribution in [1.82, 2.24) is 0 Å². The number of rotatable bonds is 5. The minimum Gasteiger partial charge on any atom is -0.497 e. The molecule has 108 valence electrons. The molecule has 5 nitrogen and oxygen atoms in total. The fourth-order valence-electron chi connectivity index (χ4n) is 2.11. The Morgan fingerprint density at radius 1 is 1.05 bits per heavy atom. The highest BCUT2D eigenvalue weighted by molar-refractivity contribution is 5.49. The van der Waals surface area contributed by atoms with E-state index in [0.29, 0.717) is 22.6 Å². The summed E-state index contributed by atoms with van der Waals surface area (Å²) in [6, 6.07) is 13.1. The molecular formula is C17H12N2O3. The van der Waals surface area contributed by atoms with E-state index in [-0.39, 0.29) is 0 Å². The fourth-order valence-corrected chi connectivity index (χ4v) is 2.11. The summed E-state index contributed by atoms with van der Waals surface area (Å²) >= 11 is 0. The lowest BCUT2D eigenvalue weighted by molar-refractivity contribution is 0.414. The van der Waals surface area contributed by atoms with Crippen molar-refractivity contribution in [3.05, 3.63) is 64.6 Å². The van der Waals surface area contributed by atoms with Gasteiger partial charge in [-0.2, -0.15) is 0 Å². The van der Waals surface area contributed by atoms with Crippen LogP contribution in [0.5, 0.6) is 11.5 Å². The number of nitrogens with zero attached hydrogens (tertiary/aromatic N) is 2. The molecule has 0 N–H and O–H groups in total. The lowest BCUT2D eigenvalue weighted by Gasteiger charge is -2.21. The first kappa shape index (κ1) is 15.1. The summed E-state index contributed by atoms with van der Waals surface area (Å²) in [4.78, 5) is 11.5. The molecule has 1 unspecified atom stereocenters. The molecule has 2 aromatic rings. The Morgan fingerprint density at radius 2 is 1.55 bits per heavy atom. The molecule has 0 radical (unpaired) electrons. The smallest absolute Gasteiger partial charge is 0.292 e. The summed E-state index contributed by atoms with van der Waals surface area (Å²) in [5, 5.41) is 11.7. The number of hydrogen-bond donors (Lipinski definition) is 0. The normalized spacial score (nSPS) is 12.3. The Bertz CT molecular complexity index is 739. The second-order valence-electron chi connectivity index (χ2n) is 4.39. The standard InChI is InChI=1S/C17H12N2O3/c1-3-17(19-20,13-4-8-15(21-2)9-5-13)14-6-10-16(11-7-14)22-12-18/h1,4-11H,2H3. The van der Waals surface area contributed by atoms with Crippen molar-refractivity contribution in [3.8, 4) is 30.1 Å². The largest absolute Gasteiger partial charge is 0.497 e. The van der Waals surface area contributed by atoms with Crippen LogP contribution in [0.1, 0.15) is 11.1 Å². The summed E-state index contributed by atoms with van der Waals surface area (Å²) in [5.41, 5.74) is -0.377. The van der Waals surface area contributed by atoms with Crippen molar-refractivity contribution < 1.29 is 9.47 Å². The Morgan fingerprint density at radius 3 is 1.91 bits per heavy atom. The van der Waals surface area contributed by atoms with Crippen LogP contribution in [-0.4, -0.2) is 7.11 Å². The van der Waals surface area contributed by atoms with Crippen LogP contribution in [0.4, 0.5) is 0 Å². The summed E-state index contributed by atoms with van der Waals surface area (Å²) in [5.74, 6) is 3.47. The molecule has 2 aromatic carbocycles. The first-order valence-corrected chi connectivity index (χ1v) is 6.33. The van der Waals surface area contributed by atoms with Gasteiger partial charge in [-0.1, -0.05) is 30.2 Å². The van der Waals surface area contributed by atoms with Gasteiger partial charge in [0.15, 0.2) is 0 Å². The van der Waals surface area contributed by atoms with E-state index in [9.17, 15) is 4.91 Å². The SMILES string of the molecule is C#CC(N=O)(c1ccc(OC)cc1)c1ccc(OC#N)cc1. The van der Waals surface area contributed by atoms with E-state index in [0.717, 1.165) is 0 Å². The molecule has 5 heteroatoms. The van der Waals surface area contributed by atoms with Crippen LogP contribution < -0.4 is 9.47 Å². The monoisotopic (exact) mass is 292 g/mol. The minimum absolute atomic E-state index is 0.359. The molecule has 22 heavy (non-hydrogen) atoms. The molecule has 0 amide bonds. The minimum atomic E-state index is -1.45. The zero-order valence-electron chi connectivity index (χ0n) is 11.8. The Balaban J connectivity index is 2.49. The second kappa shape index (κ2) is 6.43. The van der Waals surface area contributed by atoms with Crippen molar-refractivity contribution in [2.75, 3.05) is 7.11 Å². The quantitative estimate of drug-likeness (QED) is 0.482. The van der Waals surface area contributed by atoms with Gasteiger partial charge in [-0.15, -0.1) is 16.6 Å². The van der Waals surface area contributed by atoms with Crippen LogP contribution in [0, 0.1) is 28.8 Å². The Kier molecular flexibility index (Phi) is 4.41. The average molecular weight is 292 g/mol. The van der Waals surface area contributed by atoms with Crippen LogP contribution >= 0.6 is 0 Å². The van der Waals surface area contributed by atoms with Gasteiger partial charge < -0.3 is 9.47 Å². The molecule has 0 spiro atoms. The number of nitriles is 1. The van der Waals surface area contributed by atoms with E-state index in [1.54, 1.807) is 61.9 Å². The van der Waals surface area contributed by atoms with Gasteiger partial charge in [0.25, 0.3) is 6.26 Å². The van der Waals surface area contributed by atoms with Gasteiger partial charge in [0.2, 0.25) is 5.54 Å². The third-order valence-electron chi connectivity index (χ3n) is 3.29. The zero-order valence-corrected chi connectivity index (χ0v) is 11.8. The van der Waals surface area contributed by atoms with E-state index in [2.05, 4.69) is 11.1 Å². The fraction of sp³-hybridized carbons (Fsp3) is 0.118. The van der Waals surface area contributed by atoms with Gasteiger partial charge in [0.05, 0.1) is 7.11 Å². The number of nitroso groups, excluding NO2 is 1. The molecule has 0 fully saturated rings. The van der Waals surface area contributed by atoms with Crippen LogP contribution in [0.2, 0.25) is 0 Å². The van der Waals surface area contributed by atoms with Crippen molar-refractivity contribution in [2.24, 2.45) is 5.18 Å². The first-order chi connectivity index (χ1) is 10.7. The molecule has 0 aromatic heterocycles. The number of terminal acetylenes is 1. The van der Waals surface area contributed by atoms with Crippen LogP contribution in [0.15, 0.2) is 53.7 Å². The van der Waals surface area contributed by atoms with Gasteiger partial charge in [0, 0.05) is 11.1 Å². The lowest BCUT2D eigenvalue weighted by Crippen LogP contribution is -2.22. The molecule has 1 atom stereocenters. The topological polar surface area (TPSA) is 71.7 Å². The molecule has 0 aliphatic rings. The van der Waals surface area contributed by atoms with Gasteiger partial charge in [-0.25, -0.2) is 0 Å². The molecule has 2 rings (SSSR count). The summed E-state index contributed by atoms with van der Waals surface area (Å²) in [6.45, 7) is 0. The van der Waals surface area contributed by atoms with Crippen LogP contribution in [-0.2, 0) is 5.54 Å². The number of benzene rings is 2. The maximum absolute atomic E-state index is 11.5.